The number of halogens is 2. The van der Waals surface area contributed by atoms with Crippen molar-refractivity contribution < 1.29 is 13.6 Å². The topological polar surface area (TPSA) is 92.3 Å². The Balaban J connectivity index is 1.15. The Hall–Kier alpha value is -4.10. The Morgan fingerprint density at radius 3 is 2.70 bits per heavy atom. The van der Waals surface area contributed by atoms with Crippen molar-refractivity contribution in [3.63, 3.8) is 0 Å². The number of nitrogens with zero attached hydrogens (tertiary/aromatic N) is 9. The standard InChI is InChI=1S/C34H42F2N10O/c1-22(47)43-10-6-30-29(20-43)34(40-46(30)25-5-11-44-26(15-25)18-38-32(44)21-42-12-7-37-8-13-42)45-9-3-4-23-14-27(24-17-39-41(2)19-24)28(33(35)36)16-31(23)45/h14,16-19,25,33,37H,3-13,15,20-21H2,1-2H3. The molecule has 1 unspecified atom stereocenters. The van der Waals surface area contributed by atoms with Crippen LogP contribution in [-0.2, 0) is 50.7 Å². The summed E-state index contributed by atoms with van der Waals surface area (Å²) in [6, 6.07) is 3.75. The predicted octanol–water partition coefficient (Wildman–Crippen LogP) is 4.00. The first-order valence-corrected chi connectivity index (χ1v) is 16.9. The number of hydrogen-bond donors (Lipinski definition) is 1. The molecular weight excluding hydrogens is 602 g/mol. The molecule has 47 heavy (non-hydrogen) atoms. The summed E-state index contributed by atoms with van der Waals surface area (Å²) in [7, 11) is 1.79. The summed E-state index contributed by atoms with van der Waals surface area (Å²) in [6.07, 6.45) is 6.99. The average molecular weight is 645 g/mol. The molecule has 0 saturated carbocycles. The highest BCUT2D eigenvalue weighted by molar-refractivity contribution is 5.78. The zero-order chi connectivity index (χ0) is 32.2. The first kappa shape index (κ1) is 30.2. The van der Waals surface area contributed by atoms with Gasteiger partial charge in [-0.3, -0.25) is 19.1 Å². The normalized spacial score (nSPS) is 20.0. The van der Waals surface area contributed by atoms with Crippen molar-refractivity contribution in [1.29, 1.82) is 0 Å². The van der Waals surface area contributed by atoms with Crippen molar-refractivity contribution in [2.75, 3.05) is 44.2 Å². The van der Waals surface area contributed by atoms with E-state index >= 15 is 0 Å². The van der Waals surface area contributed by atoms with Gasteiger partial charge in [-0.15, -0.1) is 0 Å². The summed E-state index contributed by atoms with van der Waals surface area (Å²) in [5.41, 5.74) is 6.45. The number of nitrogens with one attached hydrogen (secondary N) is 1. The fraction of sp³-hybridized carbons (Fsp3) is 0.529. The molecule has 7 heterocycles. The molecule has 0 radical (unpaired) electrons. The van der Waals surface area contributed by atoms with E-state index in [4.69, 9.17) is 10.1 Å². The Kier molecular flexibility index (Phi) is 7.83. The van der Waals surface area contributed by atoms with Crippen molar-refractivity contribution in [2.24, 2.45) is 7.05 Å². The third kappa shape index (κ3) is 5.52. The summed E-state index contributed by atoms with van der Waals surface area (Å²) in [6.45, 7) is 9.26. The van der Waals surface area contributed by atoms with Gasteiger partial charge in [-0.2, -0.15) is 10.2 Å². The predicted molar refractivity (Wildman–Crippen MR) is 174 cm³/mol. The summed E-state index contributed by atoms with van der Waals surface area (Å²) in [5.74, 6) is 1.96. The fourth-order valence-electron chi connectivity index (χ4n) is 7.99. The quantitative estimate of drug-likeness (QED) is 0.340. The van der Waals surface area contributed by atoms with Gasteiger partial charge in [0.05, 0.1) is 25.3 Å². The molecule has 0 spiro atoms. The lowest BCUT2D eigenvalue weighted by Crippen LogP contribution is -2.43. The van der Waals surface area contributed by atoms with Gasteiger partial charge >= 0.3 is 0 Å². The first-order chi connectivity index (χ1) is 22.8. The number of aromatic nitrogens is 6. The van der Waals surface area contributed by atoms with E-state index in [-0.39, 0.29) is 17.5 Å². The van der Waals surface area contributed by atoms with Crippen molar-refractivity contribution in [1.82, 2.24) is 44.2 Å². The summed E-state index contributed by atoms with van der Waals surface area (Å²) in [4.78, 5) is 23.9. The van der Waals surface area contributed by atoms with Crippen LogP contribution in [0.4, 0.5) is 20.3 Å². The first-order valence-electron chi connectivity index (χ1n) is 16.9. The van der Waals surface area contributed by atoms with Crippen LogP contribution in [0.1, 0.15) is 66.1 Å². The lowest BCUT2D eigenvalue weighted by Gasteiger charge is -2.33. The van der Waals surface area contributed by atoms with Gasteiger partial charge in [0.1, 0.15) is 5.82 Å². The minimum atomic E-state index is -2.64. The number of carbonyl (C=O) groups is 1. The minimum absolute atomic E-state index is 0.000485. The van der Waals surface area contributed by atoms with Crippen LogP contribution in [0.2, 0.25) is 0 Å². The highest BCUT2D eigenvalue weighted by Gasteiger charge is 2.35. The molecular formula is C34H42F2N10O. The van der Waals surface area contributed by atoms with Crippen molar-refractivity contribution >= 4 is 17.4 Å². The van der Waals surface area contributed by atoms with Gasteiger partial charge < -0.3 is 19.7 Å². The Morgan fingerprint density at radius 1 is 1.09 bits per heavy atom. The number of imidazole rings is 1. The summed E-state index contributed by atoms with van der Waals surface area (Å²) >= 11 is 0. The zero-order valence-electron chi connectivity index (χ0n) is 27.1. The van der Waals surface area contributed by atoms with Crippen LogP contribution in [0.5, 0.6) is 0 Å². The van der Waals surface area contributed by atoms with E-state index in [0.717, 1.165) is 106 Å². The van der Waals surface area contributed by atoms with E-state index in [9.17, 15) is 13.6 Å². The van der Waals surface area contributed by atoms with Crippen LogP contribution >= 0.6 is 0 Å². The molecule has 4 aliphatic heterocycles. The van der Waals surface area contributed by atoms with Crippen LogP contribution in [0.3, 0.4) is 0 Å². The van der Waals surface area contributed by atoms with E-state index < -0.39 is 6.43 Å². The smallest absolute Gasteiger partial charge is 0.264 e. The molecule has 1 amide bonds. The number of carbonyl (C=O) groups excluding carboxylic acids is 1. The van der Waals surface area contributed by atoms with Crippen LogP contribution in [0.25, 0.3) is 11.1 Å². The van der Waals surface area contributed by atoms with Crippen molar-refractivity contribution in [3.8, 4) is 11.1 Å². The van der Waals surface area contributed by atoms with Gasteiger partial charge in [0.25, 0.3) is 6.43 Å². The molecule has 0 bridgehead atoms. The molecule has 1 atom stereocenters. The molecule has 1 fully saturated rings. The second-order valence-corrected chi connectivity index (χ2v) is 13.4. The number of rotatable bonds is 6. The van der Waals surface area contributed by atoms with Gasteiger partial charge in [-0.05, 0) is 42.5 Å². The van der Waals surface area contributed by atoms with Crippen molar-refractivity contribution in [2.45, 2.75) is 71.1 Å². The third-order valence-electron chi connectivity index (χ3n) is 10.5. The number of anilines is 2. The number of hydrogen-bond acceptors (Lipinski definition) is 7. The molecule has 248 valence electrons. The molecule has 4 aliphatic rings. The van der Waals surface area contributed by atoms with E-state index in [1.54, 1.807) is 37.1 Å². The van der Waals surface area contributed by atoms with Gasteiger partial charge in [-0.25, -0.2) is 13.8 Å². The lowest BCUT2D eigenvalue weighted by molar-refractivity contribution is -0.129. The fourth-order valence-corrected chi connectivity index (χ4v) is 7.99. The molecule has 3 aromatic heterocycles. The maximum atomic E-state index is 14.6. The Bertz CT molecular complexity index is 1800. The number of alkyl halides is 2. The Labute approximate surface area is 273 Å². The second-order valence-electron chi connectivity index (χ2n) is 13.4. The molecule has 1 aromatic carbocycles. The highest BCUT2D eigenvalue weighted by Crippen LogP contribution is 2.43. The van der Waals surface area contributed by atoms with Gasteiger partial charge in [0.15, 0.2) is 5.82 Å². The van der Waals surface area contributed by atoms with E-state index in [1.807, 2.05) is 17.2 Å². The highest BCUT2D eigenvalue weighted by atomic mass is 19.3. The summed E-state index contributed by atoms with van der Waals surface area (Å²) < 4.78 is 35.5. The molecule has 1 saturated heterocycles. The van der Waals surface area contributed by atoms with Crippen LogP contribution < -0.4 is 10.2 Å². The molecule has 11 nitrogen and oxygen atoms in total. The minimum Gasteiger partial charge on any atom is -0.338 e. The maximum absolute atomic E-state index is 14.6. The zero-order valence-corrected chi connectivity index (χ0v) is 27.1. The third-order valence-corrected chi connectivity index (χ3v) is 10.5. The lowest BCUT2D eigenvalue weighted by atomic mass is 9.92. The second kappa shape index (κ2) is 12.2. The number of amides is 1. The van der Waals surface area contributed by atoms with E-state index in [0.29, 0.717) is 30.8 Å². The average Bonchev–Trinajstić information content (AvgIpc) is 3.80. The molecule has 13 heteroatoms. The molecule has 1 N–H and O–H groups in total. The largest absolute Gasteiger partial charge is 0.338 e. The van der Waals surface area contributed by atoms with Crippen molar-refractivity contribution in [3.05, 3.63) is 64.6 Å². The molecule has 8 rings (SSSR count). The molecule has 4 aromatic rings. The summed E-state index contributed by atoms with van der Waals surface area (Å²) in [5, 5.41) is 13.0. The number of piperazine rings is 1. The SMILES string of the molecule is CC(=O)N1CCc2c(c(N3CCCc4cc(-c5cnn(C)c5)c(C(F)F)cc43)nn2C2CCn3c(cnc3CN3CCNCC3)C2)C1. The number of benzene rings is 1. The van der Waals surface area contributed by atoms with Gasteiger partial charge in [-0.1, -0.05) is 0 Å². The van der Waals surface area contributed by atoms with Gasteiger partial charge in [0, 0.05) is 119 Å². The van der Waals surface area contributed by atoms with E-state index in [2.05, 4.69) is 29.5 Å². The molecule has 0 aliphatic carbocycles. The number of aryl methyl sites for hydroxylation is 2. The van der Waals surface area contributed by atoms with Crippen LogP contribution in [0.15, 0.2) is 30.7 Å². The maximum Gasteiger partial charge on any atom is 0.264 e. The van der Waals surface area contributed by atoms with Gasteiger partial charge in [0.2, 0.25) is 5.91 Å². The Morgan fingerprint density at radius 2 is 1.94 bits per heavy atom. The van der Waals surface area contributed by atoms with Crippen LogP contribution in [0, 0.1) is 0 Å². The monoisotopic (exact) mass is 644 g/mol. The van der Waals surface area contributed by atoms with E-state index in [1.165, 1.54) is 5.69 Å². The number of fused-ring (bicyclic) bond motifs is 3. The van der Waals surface area contributed by atoms with Crippen LogP contribution in [-0.4, -0.2) is 84.1 Å².